The number of hydrogen-bond donors (Lipinski definition) is 2. The van der Waals surface area contributed by atoms with Crippen molar-refractivity contribution in [1.29, 1.82) is 5.26 Å². The van der Waals surface area contributed by atoms with E-state index in [2.05, 4.69) is 10.6 Å². The summed E-state index contributed by atoms with van der Waals surface area (Å²) in [4.78, 5) is 11.3. The summed E-state index contributed by atoms with van der Waals surface area (Å²) in [6.07, 6.45) is 0. The molecule has 5 nitrogen and oxygen atoms in total. The van der Waals surface area contributed by atoms with Gasteiger partial charge in [-0.2, -0.15) is 5.26 Å². The van der Waals surface area contributed by atoms with Crippen molar-refractivity contribution in [3.63, 3.8) is 0 Å². The van der Waals surface area contributed by atoms with Crippen molar-refractivity contribution in [3.8, 4) is 11.8 Å². The molecule has 84 valence electrons. The third-order valence-electron chi connectivity index (χ3n) is 1.92. The molecule has 0 unspecified atom stereocenters. The van der Waals surface area contributed by atoms with E-state index in [0.717, 1.165) is 0 Å². The monoisotopic (exact) mass is 219 g/mol. The van der Waals surface area contributed by atoms with Crippen molar-refractivity contribution >= 4 is 11.7 Å². The van der Waals surface area contributed by atoms with Gasteiger partial charge in [0.25, 0.3) is 0 Å². The molecular formula is C11H13N3O2. The highest BCUT2D eigenvalue weighted by Gasteiger charge is 2.07. The number of urea groups is 1. The Kier molecular flexibility index (Phi) is 4.16. The minimum Gasteiger partial charge on any atom is -0.495 e. The Hall–Kier alpha value is -2.22. The highest BCUT2D eigenvalue weighted by Crippen LogP contribution is 2.24. The highest BCUT2D eigenvalue weighted by atomic mass is 16.5. The molecule has 1 rings (SSSR count). The molecule has 16 heavy (non-hydrogen) atoms. The molecule has 0 aromatic heterocycles. The van der Waals surface area contributed by atoms with Crippen molar-refractivity contribution < 1.29 is 9.53 Å². The van der Waals surface area contributed by atoms with Crippen LogP contribution in [0.1, 0.15) is 12.5 Å². The van der Waals surface area contributed by atoms with Crippen molar-refractivity contribution in [2.75, 3.05) is 19.0 Å². The lowest BCUT2D eigenvalue weighted by Gasteiger charge is -2.10. The Balaban J connectivity index is 2.88. The number of ether oxygens (including phenoxy) is 1. The summed E-state index contributed by atoms with van der Waals surface area (Å²) < 4.78 is 5.07. The van der Waals surface area contributed by atoms with Crippen LogP contribution in [0.5, 0.6) is 5.75 Å². The van der Waals surface area contributed by atoms with Gasteiger partial charge in [-0.05, 0) is 19.1 Å². The zero-order valence-electron chi connectivity index (χ0n) is 9.20. The molecule has 0 heterocycles. The van der Waals surface area contributed by atoms with Gasteiger partial charge in [-0.3, -0.25) is 0 Å². The second-order valence-corrected chi connectivity index (χ2v) is 3.01. The Morgan fingerprint density at radius 2 is 2.31 bits per heavy atom. The minimum atomic E-state index is -0.300. The van der Waals surface area contributed by atoms with Crippen LogP contribution in [0.25, 0.3) is 0 Å². The fourth-order valence-electron chi connectivity index (χ4n) is 1.19. The average Bonchev–Trinajstić information content (AvgIpc) is 2.30. The van der Waals surface area contributed by atoms with Crippen LogP contribution in [0.4, 0.5) is 10.5 Å². The Bertz CT molecular complexity index is 424. The first-order valence-electron chi connectivity index (χ1n) is 4.84. The van der Waals surface area contributed by atoms with Crippen molar-refractivity contribution in [2.24, 2.45) is 0 Å². The molecule has 0 aliphatic carbocycles. The molecule has 2 N–H and O–H groups in total. The molecule has 0 radical (unpaired) electrons. The number of amides is 2. The van der Waals surface area contributed by atoms with Gasteiger partial charge in [-0.15, -0.1) is 0 Å². The normalized spacial score (nSPS) is 9.06. The molecule has 0 saturated heterocycles. The summed E-state index contributed by atoms with van der Waals surface area (Å²) in [5.74, 6) is 0.463. The molecule has 0 saturated carbocycles. The topological polar surface area (TPSA) is 74.2 Å². The van der Waals surface area contributed by atoms with Crippen LogP contribution in [0.3, 0.4) is 0 Å². The second kappa shape index (κ2) is 5.61. The van der Waals surface area contributed by atoms with Crippen molar-refractivity contribution in [1.82, 2.24) is 5.32 Å². The number of nitrogens with zero attached hydrogens (tertiary/aromatic N) is 1. The van der Waals surface area contributed by atoms with Gasteiger partial charge < -0.3 is 15.4 Å². The maximum Gasteiger partial charge on any atom is 0.319 e. The summed E-state index contributed by atoms with van der Waals surface area (Å²) in [6, 6.07) is 6.52. The number of methoxy groups -OCH3 is 1. The van der Waals surface area contributed by atoms with E-state index in [-0.39, 0.29) is 6.03 Å². The number of benzene rings is 1. The molecule has 0 bridgehead atoms. The van der Waals surface area contributed by atoms with Gasteiger partial charge in [0, 0.05) is 12.6 Å². The molecule has 0 fully saturated rings. The molecular weight excluding hydrogens is 206 g/mol. The van der Waals surface area contributed by atoms with E-state index >= 15 is 0 Å². The Labute approximate surface area is 94.0 Å². The first-order chi connectivity index (χ1) is 7.71. The standard InChI is InChI=1S/C11H13N3O2/c1-3-13-11(15)14-9-5-4-8(7-12)6-10(9)16-2/h4-6H,3H2,1-2H3,(H2,13,14,15). The van der Waals surface area contributed by atoms with E-state index < -0.39 is 0 Å². The molecule has 1 aromatic carbocycles. The van der Waals surface area contributed by atoms with Gasteiger partial charge in [0.15, 0.2) is 0 Å². The summed E-state index contributed by atoms with van der Waals surface area (Å²) >= 11 is 0. The predicted molar refractivity (Wildman–Crippen MR) is 60.4 cm³/mol. The van der Waals surface area contributed by atoms with Crippen LogP contribution >= 0.6 is 0 Å². The summed E-state index contributed by atoms with van der Waals surface area (Å²) in [5.41, 5.74) is 1.02. The van der Waals surface area contributed by atoms with Crippen LogP contribution in [0.15, 0.2) is 18.2 Å². The number of nitrogens with one attached hydrogen (secondary N) is 2. The minimum absolute atomic E-state index is 0.300. The number of rotatable bonds is 3. The van der Waals surface area contributed by atoms with Crippen LogP contribution < -0.4 is 15.4 Å². The Morgan fingerprint density at radius 1 is 1.56 bits per heavy atom. The molecule has 2 amide bonds. The van der Waals surface area contributed by atoms with Gasteiger partial charge in [0.05, 0.1) is 24.4 Å². The van der Waals surface area contributed by atoms with Crippen LogP contribution in [-0.2, 0) is 0 Å². The van der Waals surface area contributed by atoms with E-state index in [1.165, 1.54) is 7.11 Å². The number of hydrogen-bond acceptors (Lipinski definition) is 3. The van der Waals surface area contributed by atoms with E-state index in [1.807, 2.05) is 13.0 Å². The van der Waals surface area contributed by atoms with E-state index in [1.54, 1.807) is 18.2 Å². The Morgan fingerprint density at radius 3 is 2.88 bits per heavy atom. The number of carbonyl (C=O) groups is 1. The zero-order valence-corrected chi connectivity index (χ0v) is 9.20. The summed E-state index contributed by atoms with van der Waals surface area (Å²) in [6.45, 7) is 2.38. The molecule has 5 heteroatoms. The van der Waals surface area contributed by atoms with Crippen LogP contribution in [0.2, 0.25) is 0 Å². The van der Waals surface area contributed by atoms with Gasteiger partial charge in [-0.25, -0.2) is 4.79 Å². The summed E-state index contributed by atoms with van der Waals surface area (Å²) in [5, 5.41) is 13.9. The lowest BCUT2D eigenvalue weighted by Crippen LogP contribution is -2.28. The molecule has 0 spiro atoms. The number of anilines is 1. The second-order valence-electron chi connectivity index (χ2n) is 3.01. The molecule has 0 aliphatic heterocycles. The highest BCUT2D eigenvalue weighted by molar-refractivity contribution is 5.91. The first-order valence-corrected chi connectivity index (χ1v) is 4.84. The predicted octanol–water partition coefficient (Wildman–Crippen LogP) is 1.71. The first kappa shape index (κ1) is 11.9. The lowest BCUT2D eigenvalue weighted by molar-refractivity contribution is 0.252. The number of carbonyl (C=O) groups excluding carboxylic acids is 1. The van der Waals surface area contributed by atoms with E-state index in [4.69, 9.17) is 10.00 Å². The fourth-order valence-corrected chi connectivity index (χ4v) is 1.19. The van der Waals surface area contributed by atoms with E-state index in [0.29, 0.717) is 23.5 Å². The van der Waals surface area contributed by atoms with Crippen LogP contribution in [0, 0.1) is 11.3 Å². The third-order valence-corrected chi connectivity index (χ3v) is 1.92. The van der Waals surface area contributed by atoms with Crippen molar-refractivity contribution in [3.05, 3.63) is 23.8 Å². The van der Waals surface area contributed by atoms with E-state index in [9.17, 15) is 4.79 Å². The van der Waals surface area contributed by atoms with Gasteiger partial charge in [-0.1, -0.05) is 0 Å². The average molecular weight is 219 g/mol. The smallest absolute Gasteiger partial charge is 0.319 e. The molecule has 1 aromatic rings. The SMILES string of the molecule is CCNC(=O)Nc1ccc(C#N)cc1OC. The third kappa shape index (κ3) is 2.89. The van der Waals surface area contributed by atoms with Gasteiger partial charge in [0.2, 0.25) is 0 Å². The maximum absolute atomic E-state index is 11.3. The van der Waals surface area contributed by atoms with Gasteiger partial charge in [0.1, 0.15) is 5.75 Å². The largest absolute Gasteiger partial charge is 0.495 e. The maximum atomic E-state index is 11.3. The lowest BCUT2D eigenvalue weighted by atomic mass is 10.2. The van der Waals surface area contributed by atoms with Crippen LogP contribution in [-0.4, -0.2) is 19.7 Å². The fraction of sp³-hybridized carbons (Fsp3) is 0.273. The number of nitriles is 1. The summed E-state index contributed by atoms with van der Waals surface area (Å²) in [7, 11) is 1.49. The molecule has 0 aliphatic rings. The zero-order chi connectivity index (χ0) is 12.0. The quantitative estimate of drug-likeness (QED) is 0.812. The van der Waals surface area contributed by atoms with Gasteiger partial charge >= 0.3 is 6.03 Å². The van der Waals surface area contributed by atoms with Crippen molar-refractivity contribution in [2.45, 2.75) is 6.92 Å². The molecule has 0 atom stereocenters.